The van der Waals surface area contributed by atoms with Crippen LogP contribution in [0, 0.1) is 13.8 Å². The van der Waals surface area contributed by atoms with Gasteiger partial charge in [0.15, 0.2) is 11.4 Å². The van der Waals surface area contributed by atoms with Gasteiger partial charge in [-0.15, -0.1) is 0 Å². The zero-order valence-electron chi connectivity index (χ0n) is 17.3. The number of aryl methyl sites for hydroxylation is 2. The van der Waals surface area contributed by atoms with E-state index in [0.29, 0.717) is 12.0 Å². The number of hydrogen-bond acceptors (Lipinski definition) is 4. The lowest BCUT2D eigenvalue weighted by molar-refractivity contribution is 0.0962. The maximum absolute atomic E-state index is 12.9. The van der Waals surface area contributed by atoms with E-state index in [4.69, 9.17) is 9.84 Å². The molecule has 5 nitrogen and oxygen atoms in total. The Kier molecular flexibility index (Phi) is 4.39. The van der Waals surface area contributed by atoms with Crippen LogP contribution in [0.5, 0.6) is 5.75 Å². The number of aromatic nitrogens is 3. The van der Waals surface area contributed by atoms with Crippen molar-refractivity contribution in [3.63, 3.8) is 0 Å². The maximum Gasteiger partial charge on any atom is 0.166 e. The van der Waals surface area contributed by atoms with Crippen LogP contribution in [0.4, 0.5) is 0 Å². The van der Waals surface area contributed by atoms with Gasteiger partial charge in [-0.3, -0.25) is 4.79 Å². The van der Waals surface area contributed by atoms with Gasteiger partial charge in [-0.25, -0.2) is 9.50 Å². The van der Waals surface area contributed by atoms with E-state index in [0.717, 1.165) is 40.3 Å². The van der Waals surface area contributed by atoms with Gasteiger partial charge in [0, 0.05) is 18.2 Å². The lowest BCUT2D eigenvalue weighted by atomic mass is 9.82. The number of ether oxygens (including phenoxy) is 1. The van der Waals surface area contributed by atoms with Gasteiger partial charge in [0.2, 0.25) is 0 Å². The first kappa shape index (κ1) is 18.6. The number of carbonyl (C=O) groups is 1. The standard InChI is InChI=1S/C25H23N3O2/c1-15-4-6-17(7-5-15)19-12-22-21(23(29)13-19)14-26-25-24(16(2)27-28(22)25)18-8-10-20(30-3)11-9-18/h4-11,14,19H,12-13H2,1-3H3/t19-/m1/s1. The topological polar surface area (TPSA) is 56.5 Å². The second-order valence-electron chi connectivity index (χ2n) is 7.98. The highest BCUT2D eigenvalue weighted by Gasteiger charge is 2.30. The van der Waals surface area contributed by atoms with Crippen LogP contribution in [-0.2, 0) is 6.42 Å². The van der Waals surface area contributed by atoms with E-state index in [9.17, 15) is 4.79 Å². The number of hydrogen-bond donors (Lipinski definition) is 0. The van der Waals surface area contributed by atoms with E-state index < -0.39 is 0 Å². The predicted octanol–water partition coefficient (Wildman–Crippen LogP) is 4.93. The number of carbonyl (C=O) groups excluding carboxylic acids is 1. The molecule has 5 rings (SSSR count). The first-order chi connectivity index (χ1) is 14.5. The maximum atomic E-state index is 12.9. The minimum atomic E-state index is 0.135. The average Bonchev–Trinajstić information content (AvgIpc) is 3.10. The Labute approximate surface area is 175 Å². The fraction of sp³-hybridized carbons (Fsp3) is 0.240. The molecule has 1 aliphatic rings. The molecule has 1 atom stereocenters. The smallest absolute Gasteiger partial charge is 0.166 e. The van der Waals surface area contributed by atoms with Gasteiger partial charge in [-0.05, 0) is 49.4 Å². The Morgan fingerprint density at radius 1 is 1.00 bits per heavy atom. The lowest BCUT2D eigenvalue weighted by Gasteiger charge is -2.24. The van der Waals surface area contributed by atoms with Crippen LogP contribution in [-0.4, -0.2) is 27.5 Å². The summed E-state index contributed by atoms with van der Waals surface area (Å²) in [5.74, 6) is 1.10. The van der Waals surface area contributed by atoms with Gasteiger partial charge in [0.1, 0.15) is 5.75 Å². The van der Waals surface area contributed by atoms with Crippen molar-refractivity contribution in [1.82, 2.24) is 14.6 Å². The van der Waals surface area contributed by atoms with E-state index >= 15 is 0 Å². The van der Waals surface area contributed by atoms with Gasteiger partial charge in [0.05, 0.1) is 24.1 Å². The van der Waals surface area contributed by atoms with Crippen molar-refractivity contribution in [2.45, 2.75) is 32.6 Å². The second-order valence-corrected chi connectivity index (χ2v) is 7.98. The first-order valence-corrected chi connectivity index (χ1v) is 10.2. The molecule has 0 unspecified atom stereocenters. The molecule has 1 aliphatic carbocycles. The summed E-state index contributed by atoms with van der Waals surface area (Å²) in [5, 5.41) is 4.79. The molecule has 2 aromatic heterocycles. The van der Waals surface area contributed by atoms with Crippen molar-refractivity contribution in [3.05, 3.63) is 82.8 Å². The van der Waals surface area contributed by atoms with E-state index in [1.807, 2.05) is 35.7 Å². The van der Waals surface area contributed by atoms with Crippen LogP contribution < -0.4 is 4.74 Å². The third-order valence-corrected chi connectivity index (χ3v) is 6.02. The Morgan fingerprint density at radius 3 is 2.43 bits per heavy atom. The molecule has 0 spiro atoms. The molecule has 0 radical (unpaired) electrons. The zero-order chi connectivity index (χ0) is 20.8. The summed E-state index contributed by atoms with van der Waals surface area (Å²) in [7, 11) is 1.66. The molecular weight excluding hydrogens is 374 g/mol. The van der Waals surface area contributed by atoms with Gasteiger partial charge < -0.3 is 4.74 Å². The zero-order valence-corrected chi connectivity index (χ0v) is 17.3. The van der Waals surface area contributed by atoms with Crippen LogP contribution in [0.25, 0.3) is 16.8 Å². The summed E-state index contributed by atoms with van der Waals surface area (Å²) in [6.45, 7) is 4.07. The monoisotopic (exact) mass is 397 g/mol. The van der Waals surface area contributed by atoms with E-state index in [1.54, 1.807) is 13.3 Å². The molecular formula is C25H23N3O2. The molecule has 0 saturated heterocycles. The number of Topliss-reactive ketones (excluding diaryl/α,β-unsaturated/α-hetero) is 1. The number of ketones is 1. The molecule has 0 amide bonds. The molecule has 0 bridgehead atoms. The molecule has 0 aliphatic heterocycles. The summed E-state index contributed by atoms with van der Waals surface area (Å²) in [5.41, 5.74) is 7.76. The minimum Gasteiger partial charge on any atom is -0.497 e. The van der Waals surface area contributed by atoms with Crippen molar-refractivity contribution in [3.8, 4) is 16.9 Å². The van der Waals surface area contributed by atoms with Crippen LogP contribution in [0.3, 0.4) is 0 Å². The molecule has 0 saturated carbocycles. The molecule has 0 fully saturated rings. The third-order valence-electron chi connectivity index (χ3n) is 6.02. The second kappa shape index (κ2) is 7.10. The fourth-order valence-electron chi connectivity index (χ4n) is 4.38. The average molecular weight is 397 g/mol. The van der Waals surface area contributed by atoms with Gasteiger partial charge in [0.25, 0.3) is 0 Å². The fourth-order valence-corrected chi connectivity index (χ4v) is 4.38. The normalized spacial score (nSPS) is 16.0. The Hall–Kier alpha value is -3.47. The van der Waals surface area contributed by atoms with E-state index in [-0.39, 0.29) is 11.7 Å². The molecule has 150 valence electrons. The number of nitrogens with zero attached hydrogens (tertiary/aromatic N) is 3. The largest absolute Gasteiger partial charge is 0.497 e. The Balaban J connectivity index is 1.62. The van der Waals surface area contributed by atoms with Gasteiger partial charge in [-0.1, -0.05) is 42.0 Å². The van der Waals surface area contributed by atoms with Crippen LogP contribution in [0.15, 0.2) is 54.7 Å². The van der Waals surface area contributed by atoms with Crippen molar-refractivity contribution >= 4 is 11.4 Å². The van der Waals surface area contributed by atoms with Crippen LogP contribution in [0.1, 0.15) is 45.2 Å². The first-order valence-electron chi connectivity index (χ1n) is 10.2. The third kappa shape index (κ3) is 2.98. The van der Waals surface area contributed by atoms with Crippen molar-refractivity contribution in [1.29, 1.82) is 0 Å². The summed E-state index contributed by atoms with van der Waals surface area (Å²) >= 11 is 0. The summed E-state index contributed by atoms with van der Waals surface area (Å²) in [6.07, 6.45) is 3.01. The predicted molar refractivity (Wildman–Crippen MR) is 116 cm³/mol. The summed E-state index contributed by atoms with van der Waals surface area (Å²) < 4.78 is 7.16. The van der Waals surface area contributed by atoms with Gasteiger partial charge in [-0.2, -0.15) is 5.10 Å². The minimum absolute atomic E-state index is 0.135. The highest BCUT2D eigenvalue weighted by molar-refractivity contribution is 5.99. The Morgan fingerprint density at radius 2 is 1.73 bits per heavy atom. The van der Waals surface area contributed by atoms with Crippen molar-refractivity contribution in [2.75, 3.05) is 7.11 Å². The molecule has 30 heavy (non-hydrogen) atoms. The lowest BCUT2D eigenvalue weighted by Crippen LogP contribution is -2.22. The van der Waals surface area contributed by atoms with Crippen LogP contribution in [0.2, 0.25) is 0 Å². The van der Waals surface area contributed by atoms with E-state index in [2.05, 4.69) is 36.2 Å². The van der Waals surface area contributed by atoms with E-state index in [1.165, 1.54) is 11.1 Å². The molecule has 5 heteroatoms. The Bertz CT molecular complexity index is 1250. The summed E-state index contributed by atoms with van der Waals surface area (Å²) in [6, 6.07) is 16.4. The van der Waals surface area contributed by atoms with Gasteiger partial charge >= 0.3 is 0 Å². The SMILES string of the molecule is COc1ccc(-c2c(C)nn3c4c(cnc23)C(=O)C[C@H](c2ccc(C)cc2)C4)cc1. The number of rotatable bonds is 3. The summed E-state index contributed by atoms with van der Waals surface area (Å²) in [4.78, 5) is 17.6. The highest BCUT2D eigenvalue weighted by Crippen LogP contribution is 2.35. The quantitative estimate of drug-likeness (QED) is 0.492. The van der Waals surface area contributed by atoms with Crippen LogP contribution >= 0.6 is 0 Å². The van der Waals surface area contributed by atoms with Crippen molar-refractivity contribution < 1.29 is 9.53 Å². The molecule has 0 N–H and O–H groups in total. The number of methoxy groups -OCH3 is 1. The van der Waals surface area contributed by atoms with Crippen molar-refractivity contribution in [2.24, 2.45) is 0 Å². The highest BCUT2D eigenvalue weighted by atomic mass is 16.5. The molecule has 2 heterocycles. The molecule has 2 aromatic carbocycles. The molecule has 4 aromatic rings. The number of benzene rings is 2. The number of fused-ring (bicyclic) bond motifs is 3.